The Morgan fingerprint density at radius 3 is 2.00 bits per heavy atom. The smallest absolute Gasteiger partial charge is 0.342 e. The number of benzene rings is 2. The summed E-state index contributed by atoms with van der Waals surface area (Å²) in [4.78, 5) is 14.0. The van der Waals surface area contributed by atoms with Crippen LogP contribution in [0.5, 0.6) is 0 Å². The number of allylic oxidation sites excluding steroid dienone is 2. The molecule has 0 radical (unpaired) electrons. The fraction of sp³-hybridized carbons (Fsp3) is 0.304. The maximum atomic E-state index is 12.6. The van der Waals surface area contributed by atoms with E-state index in [4.69, 9.17) is 15.6 Å². The third-order valence-electron chi connectivity index (χ3n) is 5.19. The lowest BCUT2D eigenvalue weighted by Crippen LogP contribution is -2.72. The average Bonchev–Trinajstić information content (AvgIpc) is 2.75. The van der Waals surface area contributed by atoms with Gasteiger partial charge in [-0.05, 0) is 23.6 Å². The number of nitrogens with two attached hydrogens (primary N) is 1. The van der Waals surface area contributed by atoms with Crippen molar-refractivity contribution in [2.75, 3.05) is 13.2 Å². The minimum atomic E-state index is -1.83. The molecular formula is C23H27N3O4. The SMILES string of the molecule is N[C@]1(OCCCO)C=CC=C[C@]1(N(Cc1ccccc1)Cc1ccccc1)[N+](=O)[O-]. The molecule has 0 amide bonds. The van der Waals surface area contributed by atoms with Gasteiger partial charge in [-0.3, -0.25) is 15.8 Å². The first-order valence-corrected chi connectivity index (χ1v) is 9.90. The molecule has 0 saturated carbocycles. The summed E-state index contributed by atoms with van der Waals surface area (Å²) in [5.74, 6) is 0. The Bertz CT molecular complexity index is 846. The van der Waals surface area contributed by atoms with Gasteiger partial charge < -0.3 is 9.84 Å². The van der Waals surface area contributed by atoms with Gasteiger partial charge in [0.2, 0.25) is 5.72 Å². The van der Waals surface area contributed by atoms with E-state index in [9.17, 15) is 10.1 Å². The Balaban J connectivity index is 2.06. The monoisotopic (exact) mass is 409 g/mol. The van der Waals surface area contributed by atoms with Crippen molar-refractivity contribution < 1.29 is 14.8 Å². The van der Waals surface area contributed by atoms with E-state index in [-0.39, 0.29) is 18.1 Å². The molecule has 0 aromatic heterocycles. The van der Waals surface area contributed by atoms with Crippen molar-refractivity contribution in [1.29, 1.82) is 0 Å². The zero-order valence-electron chi connectivity index (χ0n) is 16.8. The molecule has 7 nitrogen and oxygen atoms in total. The van der Waals surface area contributed by atoms with E-state index in [0.29, 0.717) is 19.5 Å². The number of aliphatic hydroxyl groups excluding tert-OH is 1. The van der Waals surface area contributed by atoms with Crippen molar-refractivity contribution in [2.45, 2.75) is 30.9 Å². The first kappa shape index (κ1) is 21.9. The van der Waals surface area contributed by atoms with Gasteiger partial charge in [0, 0.05) is 25.8 Å². The van der Waals surface area contributed by atoms with Crippen LogP contribution in [0.1, 0.15) is 17.5 Å². The van der Waals surface area contributed by atoms with Crippen molar-refractivity contribution >= 4 is 0 Å². The summed E-state index contributed by atoms with van der Waals surface area (Å²) in [6.07, 6.45) is 6.64. The highest BCUT2D eigenvalue weighted by molar-refractivity contribution is 5.29. The van der Waals surface area contributed by atoms with E-state index in [1.807, 2.05) is 60.7 Å². The molecule has 0 heterocycles. The Morgan fingerprint density at radius 2 is 1.50 bits per heavy atom. The zero-order chi connectivity index (χ0) is 21.5. The molecular weight excluding hydrogens is 382 g/mol. The lowest BCUT2D eigenvalue weighted by molar-refractivity contribution is -0.611. The van der Waals surface area contributed by atoms with E-state index >= 15 is 0 Å². The van der Waals surface area contributed by atoms with Crippen molar-refractivity contribution in [3.8, 4) is 0 Å². The summed E-state index contributed by atoms with van der Waals surface area (Å²) in [5.41, 5.74) is 4.88. The van der Waals surface area contributed by atoms with E-state index in [1.165, 1.54) is 12.2 Å². The number of ether oxygens (including phenoxy) is 1. The summed E-state index contributed by atoms with van der Waals surface area (Å²) >= 11 is 0. The summed E-state index contributed by atoms with van der Waals surface area (Å²) < 4.78 is 5.84. The van der Waals surface area contributed by atoms with Gasteiger partial charge >= 0.3 is 5.66 Å². The second-order valence-electron chi connectivity index (χ2n) is 7.25. The highest BCUT2D eigenvalue weighted by Crippen LogP contribution is 2.37. The van der Waals surface area contributed by atoms with Crippen molar-refractivity contribution in [3.05, 3.63) is 106 Å². The van der Waals surface area contributed by atoms with Crippen LogP contribution in [-0.4, -0.2) is 39.5 Å². The normalized spacial score (nSPS) is 23.0. The molecule has 2 aromatic carbocycles. The van der Waals surface area contributed by atoms with Crippen LogP contribution in [-0.2, 0) is 17.8 Å². The fourth-order valence-corrected chi connectivity index (χ4v) is 3.68. The third kappa shape index (κ3) is 4.49. The summed E-state index contributed by atoms with van der Waals surface area (Å²) in [6.45, 7) is 0.624. The van der Waals surface area contributed by atoms with E-state index < -0.39 is 11.4 Å². The van der Waals surface area contributed by atoms with Crippen LogP contribution in [0, 0.1) is 10.1 Å². The van der Waals surface area contributed by atoms with E-state index in [2.05, 4.69) is 0 Å². The first-order chi connectivity index (χ1) is 14.5. The maximum absolute atomic E-state index is 12.6. The summed E-state index contributed by atoms with van der Waals surface area (Å²) in [5, 5.41) is 21.7. The third-order valence-corrected chi connectivity index (χ3v) is 5.19. The topological polar surface area (TPSA) is 102 Å². The predicted octanol–water partition coefficient (Wildman–Crippen LogP) is 2.84. The molecule has 0 aliphatic heterocycles. The van der Waals surface area contributed by atoms with Gasteiger partial charge in [0.1, 0.15) is 0 Å². The van der Waals surface area contributed by atoms with Crippen molar-refractivity contribution in [1.82, 2.24) is 4.90 Å². The number of hydrogen-bond donors (Lipinski definition) is 2. The quantitative estimate of drug-likeness (QED) is 0.271. The van der Waals surface area contributed by atoms with Gasteiger partial charge in [-0.15, -0.1) is 0 Å². The van der Waals surface area contributed by atoms with Crippen LogP contribution >= 0.6 is 0 Å². The lowest BCUT2D eigenvalue weighted by Gasteiger charge is -2.45. The molecule has 7 heteroatoms. The molecule has 0 spiro atoms. The predicted molar refractivity (Wildman–Crippen MR) is 115 cm³/mol. The minimum absolute atomic E-state index is 0.0845. The highest BCUT2D eigenvalue weighted by atomic mass is 16.6. The molecule has 0 saturated heterocycles. The van der Waals surface area contributed by atoms with Gasteiger partial charge in [-0.25, -0.2) is 4.90 Å². The van der Waals surface area contributed by atoms with Crippen LogP contribution in [0.15, 0.2) is 85.0 Å². The highest BCUT2D eigenvalue weighted by Gasteiger charge is 2.63. The molecule has 3 rings (SSSR count). The molecule has 158 valence electrons. The molecule has 0 fully saturated rings. The summed E-state index contributed by atoms with van der Waals surface area (Å²) in [6, 6.07) is 19.1. The largest absolute Gasteiger partial charge is 0.396 e. The van der Waals surface area contributed by atoms with Gasteiger partial charge in [-0.2, -0.15) is 0 Å². The van der Waals surface area contributed by atoms with Crippen LogP contribution in [0.2, 0.25) is 0 Å². The molecule has 3 N–H and O–H groups in total. The van der Waals surface area contributed by atoms with Crippen molar-refractivity contribution in [3.63, 3.8) is 0 Å². The van der Waals surface area contributed by atoms with Crippen LogP contribution < -0.4 is 5.73 Å². The number of aliphatic hydroxyl groups is 1. The van der Waals surface area contributed by atoms with Crippen LogP contribution in [0.25, 0.3) is 0 Å². The fourth-order valence-electron chi connectivity index (χ4n) is 3.68. The lowest BCUT2D eigenvalue weighted by atomic mass is 9.88. The second-order valence-corrected chi connectivity index (χ2v) is 7.25. The maximum Gasteiger partial charge on any atom is 0.342 e. The Kier molecular flexibility index (Phi) is 7.12. The van der Waals surface area contributed by atoms with E-state index in [1.54, 1.807) is 17.1 Å². The minimum Gasteiger partial charge on any atom is -0.396 e. The van der Waals surface area contributed by atoms with Crippen molar-refractivity contribution in [2.24, 2.45) is 5.73 Å². The average molecular weight is 409 g/mol. The Hall–Kier alpha value is -2.84. The van der Waals surface area contributed by atoms with E-state index in [0.717, 1.165) is 11.1 Å². The van der Waals surface area contributed by atoms with Gasteiger partial charge in [-0.1, -0.05) is 72.8 Å². The standard InChI is InChI=1S/C23H27N3O4/c24-22(30-17-9-16-27)14-7-8-15-23(22,26(28)29)25(18-20-10-3-1-4-11-20)19-21-12-5-2-6-13-21/h1-8,10-15,27H,9,16-19,24H2/t22-,23-/m0/s1. The van der Waals surface area contributed by atoms with Gasteiger partial charge in [0.15, 0.2) is 0 Å². The van der Waals surface area contributed by atoms with Crippen LogP contribution in [0.3, 0.4) is 0 Å². The second kappa shape index (κ2) is 9.77. The zero-order valence-corrected chi connectivity index (χ0v) is 16.8. The molecule has 0 unspecified atom stereocenters. The number of hydrogen-bond acceptors (Lipinski definition) is 6. The molecule has 0 bridgehead atoms. The number of nitrogens with zero attached hydrogens (tertiary/aromatic N) is 2. The Labute approximate surface area is 176 Å². The molecule has 2 atom stereocenters. The van der Waals surface area contributed by atoms with Gasteiger partial charge in [0.05, 0.1) is 11.5 Å². The number of rotatable bonds is 10. The number of nitro groups is 1. The molecule has 1 aliphatic rings. The molecule has 30 heavy (non-hydrogen) atoms. The molecule has 1 aliphatic carbocycles. The molecule has 2 aromatic rings. The van der Waals surface area contributed by atoms with Crippen LogP contribution in [0.4, 0.5) is 0 Å². The first-order valence-electron chi connectivity index (χ1n) is 9.90. The van der Waals surface area contributed by atoms with Gasteiger partial charge in [0.25, 0.3) is 0 Å². The Morgan fingerprint density at radius 1 is 0.967 bits per heavy atom. The summed E-state index contributed by atoms with van der Waals surface area (Å²) in [7, 11) is 0.